The lowest BCUT2D eigenvalue weighted by atomic mass is 10.1. The summed E-state index contributed by atoms with van der Waals surface area (Å²) in [4.78, 5) is 8.45. The molecule has 0 fully saturated rings. The Labute approximate surface area is 98.1 Å². The monoisotopic (exact) mass is 235 g/mol. The molecule has 2 rings (SSSR count). The third kappa shape index (κ3) is 2.20. The van der Waals surface area contributed by atoms with Crippen LogP contribution < -0.4 is 10.5 Å². The van der Waals surface area contributed by atoms with Crippen LogP contribution in [0.2, 0.25) is 0 Å². The molecule has 1 unspecified atom stereocenters. The minimum Gasteiger partial charge on any atom is -0.495 e. The number of rotatable bonds is 3. The van der Waals surface area contributed by atoms with Gasteiger partial charge in [-0.15, -0.1) is 11.3 Å². The smallest absolute Gasteiger partial charge is 0.137 e. The van der Waals surface area contributed by atoms with E-state index in [-0.39, 0.29) is 6.04 Å². The van der Waals surface area contributed by atoms with Crippen LogP contribution in [0.25, 0.3) is 0 Å². The Morgan fingerprint density at radius 1 is 1.44 bits per heavy atom. The minimum atomic E-state index is -0.243. The van der Waals surface area contributed by atoms with Gasteiger partial charge in [0.2, 0.25) is 0 Å². The van der Waals surface area contributed by atoms with E-state index in [0.717, 1.165) is 16.3 Å². The van der Waals surface area contributed by atoms with Crippen molar-refractivity contribution in [1.82, 2.24) is 9.97 Å². The number of aryl methyl sites for hydroxylation is 1. The predicted octanol–water partition coefficient (Wildman–Crippen LogP) is 1.90. The molecule has 1 atom stereocenters. The quantitative estimate of drug-likeness (QED) is 0.882. The first kappa shape index (κ1) is 11.0. The van der Waals surface area contributed by atoms with Gasteiger partial charge in [0.1, 0.15) is 5.75 Å². The summed E-state index contributed by atoms with van der Waals surface area (Å²) in [6.07, 6.45) is 3.39. The maximum Gasteiger partial charge on any atom is 0.137 e. The molecule has 4 nitrogen and oxygen atoms in total. The Hall–Kier alpha value is -1.46. The Morgan fingerprint density at radius 3 is 2.88 bits per heavy atom. The molecule has 2 aromatic rings. The number of hydrogen-bond acceptors (Lipinski definition) is 5. The second-order valence-electron chi connectivity index (χ2n) is 3.43. The molecule has 2 N–H and O–H groups in total. The number of hydrogen-bond donors (Lipinski definition) is 1. The van der Waals surface area contributed by atoms with Gasteiger partial charge in [-0.05, 0) is 18.6 Å². The summed E-state index contributed by atoms with van der Waals surface area (Å²) in [5.41, 5.74) is 7.88. The second-order valence-corrected chi connectivity index (χ2v) is 4.49. The molecule has 84 valence electrons. The molecule has 0 bridgehead atoms. The number of nitrogens with zero attached hydrogens (tertiary/aromatic N) is 2. The number of nitrogens with two attached hydrogens (primary N) is 1. The van der Waals surface area contributed by atoms with Crippen molar-refractivity contribution in [1.29, 1.82) is 0 Å². The highest BCUT2D eigenvalue weighted by molar-refractivity contribution is 7.09. The van der Waals surface area contributed by atoms with Crippen LogP contribution in [0.5, 0.6) is 5.75 Å². The lowest BCUT2D eigenvalue weighted by Crippen LogP contribution is -2.12. The van der Waals surface area contributed by atoms with Crippen LogP contribution >= 0.6 is 11.3 Å². The van der Waals surface area contributed by atoms with Gasteiger partial charge in [0, 0.05) is 11.6 Å². The van der Waals surface area contributed by atoms with Gasteiger partial charge in [0.15, 0.2) is 0 Å². The first-order valence-corrected chi connectivity index (χ1v) is 5.75. The van der Waals surface area contributed by atoms with Crippen molar-refractivity contribution in [3.05, 3.63) is 40.1 Å². The van der Waals surface area contributed by atoms with Crippen LogP contribution in [0.1, 0.15) is 22.3 Å². The molecule has 2 heterocycles. The van der Waals surface area contributed by atoms with E-state index in [1.807, 2.05) is 18.4 Å². The lowest BCUT2D eigenvalue weighted by molar-refractivity contribution is 0.412. The fraction of sp³-hybridized carbons (Fsp3) is 0.273. The highest BCUT2D eigenvalue weighted by atomic mass is 32.1. The Kier molecular flexibility index (Phi) is 3.17. The highest BCUT2D eigenvalue weighted by Gasteiger charge is 2.12. The van der Waals surface area contributed by atoms with Crippen molar-refractivity contribution in [2.24, 2.45) is 5.73 Å². The van der Waals surface area contributed by atoms with E-state index >= 15 is 0 Å². The first-order chi connectivity index (χ1) is 7.70. The topological polar surface area (TPSA) is 61.0 Å². The molecule has 0 aromatic carbocycles. The van der Waals surface area contributed by atoms with Crippen molar-refractivity contribution in [2.45, 2.75) is 13.0 Å². The normalized spacial score (nSPS) is 12.4. The Bertz CT molecular complexity index is 484. The average Bonchev–Trinajstić information content (AvgIpc) is 2.75. The molecule has 5 heteroatoms. The largest absolute Gasteiger partial charge is 0.495 e. The zero-order chi connectivity index (χ0) is 11.5. The third-order valence-electron chi connectivity index (χ3n) is 2.28. The maximum atomic E-state index is 6.10. The van der Waals surface area contributed by atoms with E-state index in [0.29, 0.717) is 5.75 Å². The summed E-state index contributed by atoms with van der Waals surface area (Å²) in [5, 5.41) is 2.99. The standard InChI is InChI=1S/C11H13N3OS/c1-7-14-10(6-16-7)11(12)8-3-9(15-2)5-13-4-8/h3-6,11H,12H2,1-2H3. The fourth-order valence-corrected chi connectivity index (χ4v) is 2.06. The molecule has 16 heavy (non-hydrogen) atoms. The number of pyridine rings is 1. The average molecular weight is 235 g/mol. The van der Waals surface area contributed by atoms with Crippen LogP contribution in [0.15, 0.2) is 23.8 Å². The summed E-state index contributed by atoms with van der Waals surface area (Å²) >= 11 is 1.59. The van der Waals surface area contributed by atoms with Crippen molar-refractivity contribution in [3.63, 3.8) is 0 Å². The van der Waals surface area contributed by atoms with Crippen LogP contribution in [-0.2, 0) is 0 Å². The summed E-state index contributed by atoms with van der Waals surface area (Å²) < 4.78 is 5.11. The lowest BCUT2D eigenvalue weighted by Gasteiger charge is -2.09. The minimum absolute atomic E-state index is 0.243. The van der Waals surface area contributed by atoms with Gasteiger partial charge >= 0.3 is 0 Å². The van der Waals surface area contributed by atoms with Gasteiger partial charge in [-0.3, -0.25) is 4.98 Å². The zero-order valence-electron chi connectivity index (χ0n) is 9.18. The number of ether oxygens (including phenoxy) is 1. The predicted molar refractivity (Wildman–Crippen MR) is 63.7 cm³/mol. The molecule has 0 aliphatic carbocycles. The molecule has 0 spiro atoms. The number of aromatic nitrogens is 2. The van der Waals surface area contributed by atoms with Gasteiger partial charge in [-0.1, -0.05) is 0 Å². The summed E-state index contributed by atoms with van der Waals surface area (Å²) in [5.74, 6) is 0.708. The van der Waals surface area contributed by atoms with Crippen molar-refractivity contribution in [3.8, 4) is 5.75 Å². The van der Waals surface area contributed by atoms with Crippen LogP contribution in [-0.4, -0.2) is 17.1 Å². The third-order valence-corrected chi connectivity index (χ3v) is 3.08. The summed E-state index contributed by atoms with van der Waals surface area (Å²) in [7, 11) is 1.61. The van der Waals surface area contributed by atoms with E-state index < -0.39 is 0 Å². The molecule has 0 aliphatic rings. The van der Waals surface area contributed by atoms with Crippen molar-refractivity contribution >= 4 is 11.3 Å². The van der Waals surface area contributed by atoms with Gasteiger partial charge in [0.05, 0.1) is 30.1 Å². The van der Waals surface area contributed by atoms with Gasteiger partial charge in [-0.25, -0.2) is 4.98 Å². The molecular formula is C11H13N3OS. The fourth-order valence-electron chi connectivity index (χ4n) is 1.41. The molecule has 2 aromatic heterocycles. The van der Waals surface area contributed by atoms with Crippen LogP contribution in [0.4, 0.5) is 0 Å². The van der Waals surface area contributed by atoms with Gasteiger partial charge < -0.3 is 10.5 Å². The Balaban J connectivity index is 2.29. The molecule has 0 saturated carbocycles. The molecule has 0 aliphatic heterocycles. The zero-order valence-corrected chi connectivity index (χ0v) is 9.99. The molecular weight excluding hydrogens is 222 g/mol. The van der Waals surface area contributed by atoms with E-state index in [4.69, 9.17) is 10.5 Å². The Morgan fingerprint density at radius 2 is 2.25 bits per heavy atom. The number of thiazole rings is 1. The second kappa shape index (κ2) is 4.59. The number of methoxy groups -OCH3 is 1. The van der Waals surface area contributed by atoms with E-state index in [2.05, 4.69) is 9.97 Å². The highest BCUT2D eigenvalue weighted by Crippen LogP contribution is 2.23. The maximum absolute atomic E-state index is 6.10. The van der Waals surface area contributed by atoms with Gasteiger partial charge in [-0.2, -0.15) is 0 Å². The van der Waals surface area contributed by atoms with Crippen LogP contribution in [0.3, 0.4) is 0 Å². The van der Waals surface area contributed by atoms with Gasteiger partial charge in [0.25, 0.3) is 0 Å². The van der Waals surface area contributed by atoms with Crippen molar-refractivity contribution in [2.75, 3.05) is 7.11 Å². The van der Waals surface area contributed by atoms with E-state index in [9.17, 15) is 0 Å². The SMILES string of the molecule is COc1cncc(C(N)c2csc(C)n2)c1. The molecule has 0 radical (unpaired) electrons. The summed E-state index contributed by atoms with van der Waals surface area (Å²) in [6, 6.07) is 1.64. The first-order valence-electron chi connectivity index (χ1n) is 4.87. The summed E-state index contributed by atoms with van der Waals surface area (Å²) in [6.45, 7) is 1.96. The van der Waals surface area contributed by atoms with E-state index in [1.54, 1.807) is 30.8 Å². The molecule has 0 amide bonds. The van der Waals surface area contributed by atoms with E-state index in [1.165, 1.54) is 0 Å². The molecule has 0 saturated heterocycles. The van der Waals surface area contributed by atoms with Crippen LogP contribution in [0, 0.1) is 6.92 Å². The van der Waals surface area contributed by atoms with Crippen molar-refractivity contribution < 1.29 is 4.74 Å².